The zero-order valence-electron chi connectivity index (χ0n) is 19.6. The highest BCUT2D eigenvalue weighted by Crippen LogP contribution is 2.15. The predicted molar refractivity (Wildman–Crippen MR) is 123 cm³/mol. The first-order valence-corrected chi connectivity index (χ1v) is 11.0. The molecule has 1 amide bonds. The number of carbonyl (C=O) groups excluding carboxylic acids is 2. The number of alkyl carbamates (subject to hydrolysis) is 1. The monoisotopic (exact) mass is 442 g/mol. The molecule has 7 heteroatoms. The topological polar surface area (TPSA) is 86.8 Å². The van der Waals surface area contributed by atoms with Gasteiger partial charge in [-0.15, -0.1) is 0 Å². The molecule has 2 aromatic rings. The molecule has 0 bridgehead atoms. The van der Waals surface area contributed by atoms with Crippen LogP contribution in [-0.4, -0.2) is 41.9 Å². The van der Waals surface area contributed by atoms with Gasteiger partial charge in [0.05, 0.1) is 13.2 Å². The third kappa shape index (κ3) is 8.96. The number of carbonyl (C=O) groups is 2. The Bertz CT molecular complexity index is 857. The van der Waals surface area contributed by atoms with Crippen LogP contribution in [0.4, 0.5) is 4.79 Å². The Labute approximate surface area is 190 Å². The third-order valence-corrected chi connectivity index (χ3v) is 4.55. The number of hydrogen-bond acceptors (Lipinski definition) is 6. The minimum absolute atomic E-state index is 0.230. The predicted octanol–water partition coefficient (Wildman–Crippen LogP) is 4.26. The van der Waals surface area contributed by atoms with Crippen LogP contribution in [0.3, 0.4) is 0 Å². The van der Waals surface area contributed by atoms with Crippen molar-refractivity contribution >= 4 is 12.1 Å². The van der Waals surface area contributed by atoms with Crippen molar-refractivity contribution in [3.05, 3.63) is 59.4 Å². The molecule has 1 N–H and O–H groups in total. The summed E-state index contributed by atoms with van der Waals surface area (Å²) in [7, 11) is 0. The van der Waals surface area contributed by atoms with Crippen LogP contribution in [0.5, 0.6) is 5.75 Å². The second kappa shape index (κ2) is 12.1. The lowest BCUT2D eigenvalue weighted by Crippen LogP contribution is -2.45. The number of aromatic nitrogens is 1. The van der Waals surface area contributed by atoms with E-state index in [0.29, 0.717) is 6.61 Å². The van der Waals surface area contributed by atoms with Crippen molar-refractivity contribution in [1.29, 1.82) is 0 Å². The Morgan fingerprint density at radius 2 is 1.72 bits per heavy atom. The summed E-state index contributed by atoms with van der Waals surface area (Å²) in [6.07, 6.45) is 3.22. The average Bonchev–Trinajstić information content (AvgIpc) is 2.74. The van der Waals surface area contributed by atoms with Gasteiger partial charge in [0.1, 0.15) is 17.4 Å². The standard InChI is InChI=1S/C25H34N2O5/c1-6-18-8-11-20(26-17-18)14-15-31-21-12-9-19(10-13-21)16-22(23(28)30-7-2)27-24(29)32-25(3,4)5/h8-13,17,22H,6-7,14-16H2,1-5H3,(H,27,29). The van der Waals surface area contributed by atoms with Crippen LogP contribution in [0.1, 0.15) is 51.4 Å². The van der Waals surface area contributed by atoms with Crippen LogP contribution in [-0.2, 0) is 33.5 Å². The first-order valence-electron chi connectivity index (χ1n) is 11.0. The summed E-state index contributed by atoms with van der Waals surface area (Å²) in [6.45, 7) is 9.87. The average molecular weight is 443 g/mol. The molecule has 0 saturated carbocycles. The van der Waals surface area contributed by atoms with Crippen molar-refractivity contribution in [2.75, 3.05) is 13.2 Å². The summed E-state index contributed by atoms with van der Waals surface area (Å²) < 4.78 is 16.2. The van der Waals surface area contributed by atoms with Crippen LogP contribution < -0.4 is 10.1 Å². The second-order valence-corrected chi connectivity index (χ2v) is 8.41. The molecule has 1 aromatic carbocycles. The van der Waals surface area contributed by atoms with E-state index < -0.39 is 23.7 Å². The third-order valence-electron chi connectivity index (χ3n) is 4.55. The number of nitrogens with zero attached hydrogens (tertiary/aromatic N) is 1. The number of aryl methyl sites for hydroxylation is 1. The molecule has 174 valence electrons. The van der Waals surface area contributed by atoms with E-state index in [1.807, 2.05) is 36.5 Å². The number of pyridine rings is 1. The molecular formula is C25H34N2O5. The number of benzene rings is 1. The minimum atomic E-state index is -0.839. The maximum atomic E-state index is 12.3. The summed E-state index contributed by atoms with van der Waals surface area (Å²) in [6, 6.07) is 10.7. The molecule has 0 aliphatic carbocycles. The molecule has 0 saturated heterocycles. The lowest BCUT2D eigenvalue weighted by Gasteiger charge is -2.23. The van der Waals surface area contributed by atoms with Gasteiger partial charge in [-0.1, -0.05) is 25.1 Å². The van der Waals surface area contributed by atoms with Gasteiger partial charge in [0.2, 0.25) is 0 Å². The summed E-state index contributed by atoms with van der Waals surface area (Å²) in [5.41, 5.74) is 2.41. The molecule has 1 atom stereocenters. The maximum Gasteiger partial charge on any atom is 0.408 e. The molecule has 0 aliphatic heterocycles. The number of esters is 1. The summed E-state index contributed by atoms with van der Waals surface area (Å²) in [5.74, 6) is 0.229. The van der Waals surface area contributed by atoms with E-state index in [1.165, 1.54) is 5.56 Å². The van der Waals surface area contributed by atoms with Crippen molar-refractivity contribution in [2.24, 2.45) is 0 Å². The van der Waals surface area contributed by atoms with Gasteiger partial charge in [-0.05, 0) is 63.4 Å². The number of hydrogen-bond donors (Lipinski definition) is 1. The zero-order valence-corrected chi connectivity index (χ0v) is 19.6. The van der Waals surface area contributed by atoms with E-state index in [1.54, 1.807) is 27.7 Å². The van der Waals surface area contributed by atoms with Gasteiger partial charge in [0, 0.05) is 24.7 Å². The molecule has 7 nitrogen and oxygen atoms in total. The highest BCUT2D eigenvalue weighted by molar-refractivity contribution is 5.81. The minimum Gasteiger partial charge on any atom is -0.493 e. The van der Waals surface area contributed by atoms with Crippen LogP contribution in [0.25, 0.3) is 0 Å². The van der Waals surface area contributed by atoms with Crippen molar-refractivity contribution < 1.29 is 23.8 Å². The van der Waals surface area contributed by atoms with Gasteiger partial charge in [0.15, 0.2) is 0 Å². The Kier molecular flexibility index (Phi) is 9.50. The van der Waals surface area contributed by atoms with E-state index in [0.717, 1.165) is 29.8 Å². The number of rotatable bonds is 10. The van der Waals surface area contributed by atoms with Crippen molar-refractivity contribution in [3.8, 4) is 5.75 Å². The van der Waals surface area contributed by atoms with Crippen molar-refractivity contribution in [2.45, 2.75) is 65.5 Å². The van der Waals surface area contributed by atoms with Crippen LogP contribution >= 0.6 is 0 Å². The normalized spacial score (nSPS) is 12.0. The molecule has 32 heavy (non-hydrogen) atoms. The molecule has 0 fully saturated rings. The first-order chi connectivity index (χ1) is 15.2. The highest BCUT2D eigenvalue weighted by atomic mass is 16.6. The van der Waals surface area contributed by atoms with Crippen LogP contribution in [0.15, 0.2) is 42.6 Å². The largest absolute Gasteiger partial charge is 0.493 e. The molecular weight excluding hydrogens is 408 g/mol. The molecule has 1 unspecified atom stereocenters. The maximum absolute atomic E-state index is 12.3. The number of amides is 1. The molecule has 2 rings (SSSR count). The Hall–Kier alpha value is -3.09. The van der Waals surface area contributed by atoms with E-state index in [2.05, 4.69) is 23.3 Å². The van der Waals surface area contributed by atoms with E-state index in [9.17, 15) is 9.59 Å². The van der Waals surface area contributed by atoms with Gasteiger partial charge in [-0.3, -0.25) is 4.98 Å². The molecule has 0 aliphatic rings. The zero-order chi connectivity index (χ0) is 23.6. The fourth-order valence-corrected chi connectivity index (χ4v) is 2.93. The Morgan fingerprint density at radius 3 is 2.28 bits per heavy atom. The lowest BCUT2D eigenvalue weighted by atomic mass is 10.1. The number of nitrogens with one attached hydrogen (secondary N) is 1. The fourth-order valence-electron chi connectivity index (χ4n) is 2.93. The lowest BCUT2D eigenvalue weighted by molar-refractivity contribution is -0.145. The number of ether oxygens (including phenoxy) is 3. The summed E-state index contributed by atoms with van der Waals surface area (Å²) >= 11 is 0. The van der Waals surface area contributed by atoms with Gasteiger partial charge in [0.25, 0.3) is 0 Å². The smallest absolute Gasteiger partial charge is 0.408 e. The van der Waals surface area contributed by atoms with Gasteiger partial charge in [-0.2, -0.15) is 0 Å². The summed E-state index contributed by atoms with van der Waals surface area (Å²) in [4.78, 5) is 28.9. The van der Waals surface area contributed by atoms with Crippen LogP contribution in [0, 0.1) is 0 Å². The van der Waals surface area contributed by atoms with E-state index in [4.69, 9.17) is 14.2 Å². The van der Waals surface area contributed by atoms with E-state index in [-0.39, 0.29) is 13.0 Å². The summed E-state index contributed by atoms with van der Waals surface area (Å²) in [5, 5.41) is 2.61. The fraction of sp³-hybridized carbons (Fsp3) is 0.480. The molecule has 0 spiro atoms. The SMILES string of the molecule is CCOC(=O)C(Cc1ccc(OCCc2ccc(CC)cn2)cc1)NC(=O)OC(C)(C)C. The molecule has 1 aromatic heterocycles. The Balaban J connectivity index is 1.91. The van der Waals surface area contributed by atoms with Crippen molar-refractivity contribution in [1.82, 2.24) is 10.3 Å². The van der Waals surface area contributed by atoms with Gasteiger partial charge in [-0.25, -0.2) is 9.59 Å². The second-order valence-electron chi connectivity index (χ2n) is 8.41. The van der Waals surface area contributed by atoms with Gasteiger partial charge < -0.3 is 19.5 Å². The van der Waals surface area contributed by atoms with E-state index >= 15 is 0 Å². The van der Waals surface area contributed by atoms with Crippen molar-refractivity contribution in [3.63, 3.8) is 0 Å². The first kappa shape index (κ1) is 25.2. The Morgan fingerprint density at radius 1 is 1.03 bits per heavy atom. The van der Waals surface area contributed by atoms with Crippen LogP contribution in [0.2, 0.25) is 0 Å². The molecule has 0 radical (unpaired) electrons. The highest BCUT2D eigenvalue weighted by Gasteiger charge is 2.25. The van der Waals surface area contributed by atoms with Gasteiger partial charge >= 0.3 is 12.1 Å². The molecule has 1 heterocycles. The quantitative estimate of drug-likeness (QED) is 0.553.